The van der Waals surface area contributed by atoms with Gasteiger partial charge in [0.05, 0.1) is 27.8 Å². The fraction of sp³-hybridized carbons (Fsp3) is 0.316. The van der Waals surface area contributed by atoms with Crippen LogP contribution in [0.25, 0.3) is 0 Å². The second-order valence-electron chi connectivity index (χ2n) is 6.02. The van der Waals surface area contributed by atoms with Crippen LogP contribution in [-0.4, -0.2) is 24.8 Å². The van der Waals surface area contributed by atoms with E-state index in [0.717, 1.165) is 30.8 Å². The zero-order valence-corrected chi connectivity index (χ0v) is 15.5. The van der Waals surface area contributed by atoms with E-state index in [1.54, 1.807) is 12.4 Å². The van der Waals surface area contributed by atoms with Crippen LogP contribution in [0.4, 0.5) is 17.1 Å². The Kier molecular flexibility index (Phi) is 5.32. The van der Waals surface area contributed by atoms with Gasteiger partial charge in [-0.2, -0.15) is 0 Å². The molecule has 0 atom stereocenters. The van der Waals surface area contributed by atoms with E-state index in [1.807, 2.05) is 18.0 Å². The van der Waals surface area contributed by atoms with Crippen LogP contribution in [0.2, 0.25) is 10.0 Å². The lowest BCUT2D eigenvalue weighted by Crippen LogP contribution is -2.14. The van der Waals surface area contributed by atoms with Crippen LogP contribution < -0.4 is 5.32 Å². The topological polar surface area (TPSA) is 27.6 Å². The SMILES string of the molecule is CCN(C)/C=N\c1cc(Cl)c(Nc2cccc3c2CCC3)cc1Cl. The van der Waals surface area contributed by atoms with Gasteiger partial charge in [0.25, 0.3) is 0 Å². The number of nitrogens with zero attached hydrogens (tertiary/aromatic N) is 2. The average molecular weight is 362 g/mol. The van der Waals surface area contributed by atoms with Crippen molar-refractivity contribution >= 4 is 46.6 Å². The van der Waals surface area contributed by atoms with Crippen LogP contribution in [0.5, 0.6) is 0 Å². The molecule has 0 spiro atoms. The van der Waals surface area contributed by atoms with Crippen molar-refractivity contribution in [3.63, 3.8) is 0 Å². The summed E-state index contributed by atoms with van der Waals surface area (Å²) >= 11 is 12.8. The van der Waals surface area contributed by atoms with Gasteiger partial charge in [0, 0.05) is 19.3 Å². The van der Waals surface area contributed by atoms with Crippen molar-refractivity contribution in [2.75, 3.05) is 18.9 Å². The number of fused-ring (bicyclic) bond motifs is 1. The molecule has 0 heterocycles. The molecule has 2 aromatic rings. The second-order valence-corrected chi connectivity index (χ2v) is 6.84. The fourth-order valence-electron chi connectivity index (χ4n) is 2.86. The van der Waals surface area contributed by atoms with Crippen molar-refractivity contribution in [2.45, 2.75) is 26.2 Å². The van der Waals surface area contributed by atoms with E-state index in [4.69, 9.17) is 23.2 Å². The molecule has 0 aromatic heterocycles. The van der Waals surface area contributed by atoms with Gasteiger partial charge in [-0.1, -0.05) is 35.3 Å². The zero-order valence-electron chi connectivity index (χ0n) is 13.9. The van der Waals surface area contributed by atoms with E-state index >= 15 is 0 Å². The molecule has 1 aliphatic rings. The molecule has 0 unspecified atom stereocenters. The number of hydrogen-bond acceptors (Lipinski definition) is 2. The summed E-state index contributed by atoms with van der Waals surface area (Å²) in [6.07, 6.45) is 5.23. The first-order valence-corrected chi connectivity index (χ1v) is 8.95. The highest BCUT2D eigenvalue weighted by Crippen LogP contribution is 2.37. The van der Waals surface area contributed by atoms with Gasteiger partial charge in [-0.05, 0) is 55.5 Å². The third-order valence-corrected chi connectivity index (χ3v) is 4.96. The number of hydrogen-bond donors (Lipinski definition) is 1. The molecule has 1 aliphatic carbocycles. The molecular formula is C19H21Cl2N3. The Morgan fingerprint density at radius 2 is 2.00 bits per heavy atom. The maximum absolute atomic E-state index is 6.44. The normalized spacial score (nSPS) is 13.3. The van der Waals surface area contributed by atoms with Gasteiger partial charge in [0.1, 0.15) is 0 Å². The number of aliphatic imine (C=N–C) groups is 1. The van der Waals surface area contributed by atoms with E-state index in [1.165, 1.54) is 17.5 Å². The number of halogens is 2. The van der Waals surface area contributed by atoms with Gasteiger partial charge in [-0.15, -0.1) is 0 Å². The van der Waals surface area contributed by atoms with Crippen molar-refractivity contribution in [3.05, 3.63) is 51.5 Å². The number of nitrogens with one attached hydrogen (secondary N) is 1. The minimum atomic E-state index is 0.579. The Hall–Kier alpha value is -1.71. The van der Waals surface area contributed by atoms with Gasteiger partial charge in [0.15, 0.2) is 0 Å². The first kappa shape index (κ1) is 17.1. The smallest absolute Gasteiger partial charge is 0.0910 e. The first-order chi connectivity index (χ1) is 11.6. The van der Waals surface area contributed by atoms with Gasteiger partial charge in [0.2, 0.25) is 0 Å². The molecule has 2 aromatic carbocycles. The molecule has 0 saturated carbocycles. The third kappa shape index (κ3) is 3.68. The highest BCUT2D eigenvalue weighted by Gasteiger charge is 2.15. The standard InChI is InChI=1S/C19H21Cl2N3/c1-3-24(2)12-22-18-10-16(21)19(11-15(18)20)23-17-9-5-7-13-6-4-8-14(13)17/h5,7,9-12,23H,3-4,6,8H2,1-2H3/b22-12-. The molecular weight excluding hydrogens is 341 g/mol. The molecule has 0 amide bonds. The van der Waals surface area contributed by atoms with Gasteiger partial charge >= 0.3 is 0 Å². The summed E-state index contributed by atoms with van der Waals surface area (Å²) in [5.74, 6) is 0. The molecule has 1 N–H and O–H groups in total. The molecule has 0 radical (unpaired) electrons. The summed E-state index contributed by atoms with van der Waals surface area (Å²) in [6.45, 7) is 2.94. The van der Waals surface area contributed by atoms with Crippen LogP contribution >= 0.6 is 23.2 Å². The van der Waals surface area contributed by atoms with Gasteiger partial charge < -0.3 is 10.2 Å². The summed E-state index contributed by atoms with van der Waals surface area (Å²) in [4.78, 5) is 6.38. The molecule has 5 heteroatoms. The molecule has 3 rings (SSSR count). The lowest BCUT2D eigenvalue weighted by molar-refractivity contribution is 0.552. The van der Waals surface area contributed by atoms with Crippen LogP contribution in [0.3, 0.4) is 0 Å². The third-order valence-electron chi connectivity index (χ3n) is 4.34. The van der Waals surface area contributed by atoms with Crippen molar-refractivity contribution in [2.24, 2.45) is 4.99 Å². The van der Waals surface area contributed by atoms with Crippen LogP contribution in [-0.2, 0) is 12.8 Å². The Bertz CT molecular complexity index is 771. The fourth-order valence-corrected chi connectivity index (χ4v) is 3.27. The molecule has 0 fully saturated rings. The van der Waals surface area contributed by atoms with E-state index in [0.29, 0.717) is 15.7 Å². The molecule has 3 nitrogen and oxygen atoms in total. The first-order valence-electron chi connectivity index (χ1n) is 8.19. The Morgan fingerprint density at radius 3 is 2.79 bits per heavy atom. The maximum Gasteiger partial charge on any atom is 0.0910 e. The Morgan fingerprint density at radius 1 is 1.17 bits per heavy atom. The maximum atomic E-state index is 6.44. The lowest BCUT2D eigenvalue weighted by atomic mass is 10.1. The minimum absolute atomic E-state index is 0.579. The lowest BCUT2D eigenvalue weighted by Gasteiger charge is -2.14. The zero-order chi connectivity index (χ0) is 17.1. The van der Waals surface area contributed by atoms with Crippen molar-refractivity contribution in [1.29, 1.82) is 0 Å². The molecule has 24 heavy (non-hydrogen) atoms. The highest BCUT2D eigenvalue weighted by atomic mass is 35.5. The molecule has 0 bridgehead atoms. The Balaban J connectivity index is 1.86. The van der Waals surface area contributed by atoms with Crippen molar-refractivity contribution in [1.82, 2.24) is 4.90 Å². The monoisotopic (exact) mass is 361 g/mol. The summed E-state index contributed by atoms with van der Waals surface area (Å²) < 4.78 is 0. The van der Waals surface area contributed by atoms with Crippen molar-refractivity contribution in [3.8, 4) is 0 Å². The average Bonchev–Trinajstić information content (AvgIpc) is 3.06. The molecule has 126 valence electrons. The largest absolute Gasteiger partial charge is 0.366 e. The van der Waals surface area contributed by atoms with E-state index in [-0.39, 0.29) is 0 Å². The van der Waals surface area contributed by atoms with Gasteiger partial charge in [-0.3, -0.25) is 0 Å². The molecule has 0 saturated heterocycles. The molecule has 0 aliphatic heterocycles. The Labute approximate surface area is 153 Å². The number of benzene rings is 2. The number of aryl methyl sites for hydroxylation is 1. The number of rotatable bonds is 5. The van der Waals surface area contributed by atoms with E-state index in [9.17, 15) is 0 Å². The summed E-state index contributed by atoms with van der Waals surface area (Å²) in [5, 5.41) is 4.63. The highest BCUT2D eigenvalue weighted by molar-refractivity contribution is 6.37. The number of anilines is 2. The summed E-state index contributed by atoms with van der Waals surface area (Å²) in [7, 11) is 1.96. The van der Waals surface area contributed by atoms with Crippen molar-refractivity contribution < 1.29 is 0 Å². The van der Waals surface area contributed by atoms with Crippen LogP contribution in [0.1, 0.15) is 24.5 Å². The summed E-state index contributed by atoms with van der Waals surface area (Å²) in [6, 6.07) is 10.0. The van der Waals surface area contributed by atoms with Crippen LogP contribution in [0, 0.1) is 0 Å². The summed E-state index contributed by atoms with van der Waals surface area (Å²) in [5.41, 5.74) is 5.41. The predicted molar refractivity (Wildman–Crippen MR) is 105 cm³/mol. The quantitative estimate of drug-likeness (QED) is 0.535. The van der Waals surface area contributed by atoms with Gasteiger partial charge in [-0.25, -0.2) is 4.99 Å². The predicted octanol–water partition coefficient (Wildman–Crippen LogP) is 5.84. The van der Waals surface area contributed by atoms with E-state index < -0.39 is 0 Å². The van der Waals surface area contributed by atoms with E-state index in [2.05, 4.69) is 35.4 Å². The second kappa shape index (κ2) is 7.45. The minimum Gasteiger partial charge on any atom is -0.366 e. The van der Waals surface area contributed by atoms with Crippen LogP contribution in [0.15, 0.2) is 35.3 Å².